The monoisotopic (exact) mass is 387 g/mol. The summed E-state index contributed by atoms with van der Waals surface area (Å²) in [5, 5.41) is 21.0. The molecule has 4 aromatic rings. The molecular formula is C15H13N7O2S2. The number of sulfonamides is 1. The van der Waals surface area contributed by atoms with Crippen molar-refractivity contribution in [2.75, 3.05) is 5.32 Å². The fourth-order valence-electron chi connectivity index (χ4n) is 2.32. The first-order valence-corrected chi connectivity index (χ1v) is 9.86. The molecule has 0 radical (unpaired) electrons. The summed E-state index contributed by atoms with van der Waals surface area (Å²) < 4.78 is 24.4. The van der Waals surface area contributed by atoms with Crippen LogP contribution in [0.5, 0.6) is 0 Å². The fourth-order valence-corrected chi connectivity index (χ4v) is 4.04. The highest BCUT2D eigenvalue weighted by atomic mass is 32.2. The summed E-state index contributed by atoms with van der Waals surface area (Å²) in [4.78, 5) is 5.09. The average Bonchev–Trinajstić information content (AvgIpc) is 3.27. The summed E-state index contributed by atoms with van der Waals surface area (Å²) in [5.41, 5.74) is 1.27. The SMILES string of the molecule is NS(=O)(=O)c1ccc(CNc2ccc3nnc(-c4ccccn4)n3n2)s1. The zero-order valence-electron chi connectivity index (χ0n) is 13.3. The molecule has 9 nitrogen and oxygen atoms in total. The third kappa shape index (κ3) is 3.27. The Morgan fingerprint density at radius 3 is 2.73 bits per heavy atom. The summed E-state index contributed by atoms with van der Waals surface area (Å²) in [7, 11) is -3.67. The van der Waals surface area contributed by atoms with Crippen LogP contribution in [0.25, 0.3) is 17.2 Å². The number of nitrogens with one attached hydrogen (secondary N) is 1. The Kier molecular flexibility index (Phi) is 4.11. The lowest BCUT2D eigenvalue weighted by Gasteiger charge is -2.05. The maximum atomic E-state index is 11.3. The minimum absolute atomic E-state index is 0.133. The second-order valence-corrected chi connectivity index (χ2v) is 8.30. The summed E-state index contributed by atoms with van der Waals surface area (Å²) in [5.74, 6) is 1.14. The minimum Gasteiger partial charge on any atom is -0.364 e. The molecule has 26 heavy (non-hydrogen) atoms. The number of thiophene rings is 1. The number of fused-ring (bicyclic) bond motifs is 1. The summed E-state index contributed by atoms with van der Waals surface area (Å²) in [6.45, 7) is 0.416. The van der Waals surface area contributed by atoms with Crippen LogP contribution < -0.4 is 10.5 Å². The van der Waals surface area contributed by atoms with Crippen molar-refractivity contribution in [3.05, 3.63) is 53.5 Å². The first-order chi connectivity index (χ1) is 12.5. The van der Waals surface area contributed by atoms with Crippen molar-refractivity contribution in [1.82, 2.24) is 24.8 Å². The topological polar surface area (TPSA) is 128 Å². The van der Waals surface area contributed by atoms with E-state index in [0.717, 1.165) is 16.2 Å². The van der Waals surface area contributed by atoms with E-state index in [1.165, 1.54) is 6.07 Å². The molecule has 0 unspecified atom stereocenters. The minimum atomic E-state index is -3.67. The van der Waals surface area contributed by atoms with E-state index in [2.05, 4.69) is 25.6 Å². The molecule has 0 aliphatic rings. The maximum absolute atomic E-state index is 11.3. The Labute approximate surface area is 152 Å². The Morgan fingerprint density at radius 1 is 1.12 bits per heavy atom. The lowest BCUT2D eigenvalue weighted by molar-refractivity contribution is 0.600. The third-order valence-corrected chi connectivity index (χ3v) is 6.04. The molecule has 4 aromatic heterocycles. The van der Waals surface area contributed by atoms with Gasteiger partial charge in [0.15, 0.2) is 5.65 Å². The number of nitrogens with zero attached hydrogens (tertiary/aromatic N) is 5. The fraction of sp³-hybridized carbons (Fsp3) is 0.0667. The highest BCUT2D eigenvalue weighted by Crippen LogP contribution is 2.21. The highest BCUT2D eigenvalue weighted by molar-refractivity contribution is 7.91. The van der Waals surface area contributed by atoms with E-state index in [4.69, 9.17) is 5.14 Å². The van der Waals surface area contributed by atoms with Crippen LogP contribution >= 0.6 is 11.3 Å². The van der Waals surface area contributed by atoms with Gasteiger partial charge in [-0.25, -0.2) is 13.6 Å². The van der Waals surface area contributed by atoms with Gasteiger partial charge in [-0.3, -0.25) is 4.98 Å². The van der Waals surface area contributed by atoms with Crippen LogP contribution in [0.1, 0.15) is 4.88 Å². The number of rotatable bonds is 5. The van der Waals surface area contributed by atoms with E-state index < -0.39 is 10.0 Å². The van der Waals surface area contributed by atoms with Crippen molar-refractivity contribution in [3.8, 4) is 11.5 Å². The van der Waals surface area contributed by atoms with E-state index >= 15 is 0 Å². The molecule has 0 atom stereocenters. The van der Waals surface area contributed by atoms with E-state index in [1.54, 1.807) is 28.9 Å². The molecule has 0 saturated carbocycles. The van der Waals surface area contributed by atoms with Gasteiger partial charge in [0.25, 0.3) is 0 Å². The summed E-state index contributed by atoms with van der Waals surface area (Å²) in [6.07, 6.45) is 1.68. The number of nitrogens with two attached hydrogens (primary N) is 1. The Hall–Kier alpha value is -2.89. The van der Waals surface area contributed by atoms with Crippen LogP contribution in [0.4, 0.5) is 5.82 Å². The molecule has 0 fully saturated rings. The molecule has 0 aromatic carbocycles. The first kappa shape index (κ1) is 16.6. The van der Waals surface area contributed by atoms with Gasteiger partial charge in [0, 0.05) is 11.1 Å². The molecule has 0 saturated heterocycles. The standard InChI is InChI=1S/C15H13N7O2S2/c16-26(23,24)14-7-4-10(25-14)9-18-12-5-6-13-19-20-15(22(13)21-12)11-3-1-2-8-17-11/h1-8H,9H2,(H,18,21)(H2,16,23,24). The Bertz CT molecular complexity index is 1170. The molecule has 4 heterocycles. The normalized spacial score (nSPS) is 11.7. The third-order valence-electron chi connectivity index (χ3n) is 3.52. The number of hydrogen-bond donors (Lipinski definition) is 2. The van der Waals surface area contributed by atoms with Gasteiger partial charge < -0.3 is 5.32 Å². The number of hydrogen-bond acceptors (Lipinski definition) is 8. The van der Waals surface area contributed by atoms with E-state index in [0.29, 0.717) is 29.5 Å². The number of pyridine rings is 1. The number of aromatic nitrogens is 5. The van der Waals surface area contributed by atoms with Gasteiger partial charge in [0.2, 0.25) is 15.8 Å². The molecule has 0 spiro atoms. The highest BCUT2D eigenvalue weighted by Gasteiger charge is 2.12. The van der Waals surface area contributed by atoms with Crippen molar-refractivity contribution in [1.29, 1.82) is 0 Å². The molecule has 0 aliphatic heterocycles. The molecule has 3 N–H and O–H groups in total. The smallest absolute Gasteiger partial charge is 0.247 e. The van der Waals surface area contributed by atoms with E-state index in [1.807, 2.05) is 18.2 Å². The predicted molar refractivity (Wildman–Crippen MR) is 97.0 cm³/mol. The Morgan fingerprint density at radius 2 is 2.00 bits per heavy atom. The van der Waals surface area contributed by atoms with Crippen molar-refractivity contribution >= 4 is 32.8 Å². The molecule has 0 amide bonds. The van der Waals surface area contributed by atoms with Gasteiger partial charge >= 0.3 is 0 Å². The second kappa shape index (κ2) is 6.44. The van der Waals surface area contributed by atoms with Gasteiger partial charge in [-0.1, -0.05) is 6.07 Å². The average molecular weight is 387 g/mol. The summed E-state index contributed by atoms with van der Waals surface area (Å²) in [6, 6.07) is 12.3. The van der Waals surface area contributed by atoms with Gasteiger partial charge in [0.1, 0.15) is 15.7 Å². The van der Waals surface area contributed by atoms with E-state index in [-0.39, 0.29) is 4.21 Å². The zero-order chi connectivity index (χ0) is 18.1. The molecule has 0 bridgehead atoms. The maximum Gasteiger partial charge on any atom is 0.247 e. The largest absolute Gasteiger partial charge is 0.364 e. The van der Waals surface area contributed by atoms with E-state index in [9.17, 15) is 8.42 Å². The predicted octanol–water partition coefficient (Wildman–Crippen LogP) is 1.51. The lowest BCUT2D eigenvalue weighted by atomic mass is 10.3. The Balaban J connectivity index is 1.59. The van der Waals surface area contributed by atoms with Gasteiger partial charge in [0.05, 0.1) is 6.54 Å². The molecule has 4 rings (SSSR count). The van der Waals surface area contributed by atoms with Crippen LogP contribution in [0.3, 0.4) is 0 Å². The molecule has 132 valence electrons. The van der Waals surface area contributed by atoms with Gasteiger partial charge in [-0.05, 0) is 36.4 Å². The number of anilines is 1. The zero-order valence-corrected chi connectivity index (χ0v) is 14.9. The quantitative estimate of drug-likeness (QED) is 0.531. The van der Waals surface area contributed by atoms with Crippen molar-refractivity contribution in [2.45, 2.75) is 10.8 Å². The van der Waals surface area contributed by atoms with Gasteiger partial charge in [-0.2, -0.15) is 4.52 Å². The van der Waals surface area contributed by atoms with Crippen LogP contribution in [0.2, 0.25) is 0 Å². The van der Waals surface area contributed by atoms with Crippen molar-refractivity contribution in [3.63, 3.8) is 0 Å². The molecule has 0 aliphatic carbocycles. The molecule has 11 heteroatoms. The van der Waals surface area contributed by atoms with Gasteiger partial charge in [-0.15, -0.1) is 26.6 Å². The van der Waals surface area contributed by atoms with Crippen LogP contribution in [-0.4, -0.2) is 33.2 Å². The first-order valence-electron chi connectivity index (χ1n) is 7.50. The van der Waals surface area contributed by atoms with Crippen LogP contribution in [0, 0.1) is 0 Å². The number of primary sulfonamides is 1. The molecular weight excluding hydrogens is 374 g/mol. The van der Waals surface area contributed by atoms with Crippen LogP contribution in [-0.2, 0) is 16.6 Å². The lowest BCUT2D eigenvalue weighted by Crippen LogP contribution is -2.09. The van der Waals surface area contributed by atoms with Crippen molar-refractivity contribution in [2.24, 2.45) is 5.14 Å². The second-order valence-electron chi connectivity index (χ2n) is 5.35. The van der Waals surface area contributed by atoms with Crippen LogP contribution in [0.15, 0.2) is 52.9 Å². The van der Waals surface area contributed by atoms with Crippen molar-refractivity contribution < 1.29 is 8.42 Å². The summed E-state index contributed by atoms with van der Waals surface area (Å²) >= 11 is 1.12.